The molecule has 0 fully saturated rings. The second-order valence-corrected chi connectivity index (χ2v) is 6.25. The first-order chi connectivity index (χ1) is 9.58. The van der Waals surface area contributed by atoms with Crippen LogP contribution in [0.1, 0.15) is 30.8 Å². The predicted octanol–water partition coefficient (Wildman–Crippen LogP) is 4.91. The molecule has 0 bridgehead atoms. The first kappa shape index (κ1) is 15.6. The maximum Gasteiger partial charge on any atom is 0.0767 e. The predicted molar refractivity (Wildman–Crippen MR) is 91.2 cm³/mol. The highest BCUT2D eigenvalue weighted by atomic mass is 79.9. The minimum absolute atomic E-state index is 0.753. The lowest BCUT2D eigenvalue weighted by atomic mass is 10.2. The zero-order valence-electron chi connectivity index (χ0n) is 12.0. The molecular formula is C15H19Br2N3. The second kappa shape index (κ2) is 6.76. The molecule has 5 heteroatoms. The first-order valence-corrected chi connectivity index (χ1v) is 8.40. The van der Waals surface area contributed by atoms with Crippen LogP contribution in [0.5, 0.6) is 0 Å². The molecule has 0 aliphatic carbocycles. The summed E-state index contributed by atoms with van der Waals surface area (Å²) in [6.45, 7) is 7.97. The zero-order valence-corrected chi connectivity index (χ0v) is 15.2. The summed E-state index contributed by atoms with van der Waals surface area (Å²) in [5.74, 6) is 0. The summed E-state index contributed by atoms with van der Waals surface area (Å²) in [5, 5.41) is 8.10. The third-order valence-electron chi connectivity index (χ3n) is 3.33. The lowest BCUT2D eigenvalue weighted by Gasteiger charge is -2.11. The van der Waals surface area contributed by atoms with E-state index >= 15 is 0 Å². The molecule has 0 saturated carbocycles. The van der Waals surface area contributed by atoms with Crippen LogP contribution >= 0.6 is 31.9 Å². The molecule has 1 aromatic heterocycles. The fourth-order valence-corrected chi connectivity index (χ4v) is 3.26. The van der Waals surface area contributed by atoms with Gasteiger partial charge in [-0.25, -0.2) is 0 Å². The zero-order chi connectivity index (χ0) is 14.7. The monoisotopic (exact) mass is 399 g/mol. The van der Waals surface area contributed by atoms with Crippen LogP contribution in [0.15, 0.2) is 27.1 Å². The Morgan fingerprint density at radius 2 is 1.95 bits per heavy atom. The summed E-state index contributed by atoms with van der Waals surface area (Å²) in [6.07, 6.45) is 0.939. The number of aryl methyl sites for hydroxylation is 3. The van der Waals surface area contributed by atoms with E-state index in [1.807, 2.05) is 0 Å². The number of hydrogen-bond donors (Lipinski definition) is 1. The quantitative estimate of drug-likeness (QED) is 0.772. The Morgan fingerprint density at radius 3 is 2.60 bits per heavy atom. The van der Waals surface area contributed by atoms with E-state index in [1.165, 1.54) is 11.3 Å². The van der Waals surface area contributed by atoms with Crippen molar-refractivity contribution in [3.05, 3.63) is 44.1 Å². The Balaban J connectivity index is 2.22. The van der Waals surface area contributed by atoms with Crippen molar-refractivity contribution in [3.8, 4) is 0 Å². The third kappa shape index (κ3) is 3.09. The van der Waals surface area contributed by atoms with Gasteiger partial charge in [0.15, 0.2) is 0 Å². The number of rotatable bonds is 5. The first-order valence-electron chi connectivity index (χ1n) is 6.81. The fourth-order valence-electron chi connectivity index (χ4n) is 2.15. The van der Waals surface area contributed by atoms with Crippen LogP contribution in [0, 0.1) is 6.92 Å². The smallest absolute Gasteiger partial charge is 0.0767 e. The molecule has 0 amide bonds. The van der Waals surface area contributed by atoms with Gasteiger partial charge in [0.2, 0.25) is 0 Å². The lowest BCUT2D eigenvalue weighted by molar-refractivity contribution is 0.619. The molecule has 1 N–H and O–H groups in total. The highest BCUT2D eigenvalue weighted by Gasteiger charge is 2.14. The summed E-state index contributed by atoms with van der Waals surface area (Å²) in [4.78, 5) is 0. The molecule has 1 heterocycles. The Kier molecular flexibility index (Phi) is 5.27. The summed E-state index contributed by atoms with van der Waals surface area (Å²) < 4.78 is 4.30. The summed E-state index contributed by atoms with van der Waals surface area (Å²) >= 11 is 7.30. The largest absolute Gasteiger partial charge is 0.378 e. The van der Waals surface area contributed by atoms with Crippen LogP contribution in [0.4, 0.5) is 5.69 Å². The van der Waals surface area contributed by atoms with Gasteiger partial charge in [0, 0.05) is 16.7 Å². The van der Waals surface area contributed by atoms with E-state index in [2.05, 4.69) is 85.9 Å². The highest BCUT2D eigenvalue weighted by Crippen LogP contribution is 2.28. The summed E-state index contributed by atoms with van der Waals surface area (Å²) in [5.41, 5.74) is 4.65. The average molecular weight is 401 g/mol. The highest BCUT2D eigenvalue weighted by molar-refractivity contribution is 9.11. The van der Waals surface area contributed by atoms with Crippen molar-refractivity contribution in [2.75, 3.05) is 5.32 Å². The van der Waals surface area contributed by atoms with Crippen molar-refractivity contribution in [2.24, 2.45) is 0 Å². The van der Waals surface area contributed by atoms with Crippen LogP contribution in [0.25, 0.3) is 0 Å². The van der Waals surface area contributed by atoms with Crippen LogP contribution in [0.3, 0.4) is 0 Å². The molecule has 0 unspecified atom stereocenters. The fraction of sp³-hybridized carbons (Fsp3) is 0.400. The minimum Gasteiger partial charge on any atom is -0.378 e. The van der Waals surface area contributed by atoms with Crippen molar-refractivity contribution >= 4 is 37.5 Å². The number of nitrogens with zero attached hydrogens (tertiary/aromatic N) is 2. The Bertz CT molecular complexity index is 605. The molecule has 108 valence electrons. The molecule has 0 atom stereocenters. The number of anilines is 1. The summed E-state index contributed by atoms with van der Waals surface area (Å²) in [6, 6.07) is 6.24. The molecule has 0 radical (unpaired) electrons. The molecule has 2 rings (SSSR count). The number of halogens is 2. The van der Waals surface area contributed by atoms with E-state index < -0.39 is 0 Å². The van der Waals surface area contributed by atoms with Crippen LogP contribution in [-0.4, -0.2) is 9.78 Å². The topological polar surface area (TPSA) is 29.9 Å². The van der Waals surface area contributed by atoms with Gasteiger partial charge in [0.1, 0.15) is 0 Å². The van der Waals surface area contributed by atoms with Crippen molar-refractivity contribution in [3.63, 3.8) is 0 Å². The number of hydrogen-bond acceptors (Lipinski definition) is 2. The Labute approximate surface area is 137 Å². The van der Waals surface area contributed by atoms with Crippen LogP contribution in [0.2, 0.25) is 0 Å². The number of aromatic nitrogens is 2. The maximum absolute atomic E-state index is 4.62. The van der Waals surface area contributed by atoms with Crippen molar-refractivity contribution in [1.82, 2.24) is 9.78 Å². The standard InChI is InChI=1S/C15H19Br2N3/c1-4-11-15(17)13(20(5-2)19-11)9-18-12-8-6-7-10(3)14(12)16/h6-8,18H,4-5,9H2,1-3H3. The average Bonchev–Trinajstić information content (AvgIpc) is 2.76. The van der Waals surface area contributed by atoms with Gasteiger partial charge in [-0.05, 0) is 63.8 Å². The van der Waals surface area contributed by atoms with E-state index in [1.54, 1.807) is 0 Å². The van der Waals surface area contributed by atoms with Crippen molar-refractivity contribution < 1.29 is 0 Å². The van der Waals surface area contributed by atoms with Crippen LogP contribution in [-0.2, 0) is 19.5 Å². The molecular weight excluding hydrogens is 382 g/mol. The van der Waals surface area contributed by atoms with E-state index in [0.29, 0.717) is 0 Å². The second-order valence-electron chi connectivity index (χ2n) is 4.67. The van der Waals surface area contributed by atoms with Gasteiger partial charge in [-0.2, -0.15) is 5.10 Å². The van der Waals surface area contributed by atoms with Crippen LogP contribution < -0.4 is 5.32 Å². The number of nitrogens with one attached hydrogen (secondary N) is 1. The molecule has 0 saturated heterocycles. The SMILES string of the molecule is CCc1nn(CC)c(CNc2cccc(C)c2Br)c1Br. The van der Waals surface area contributed by atoms with E-state index in [0.717, 1.165) is 39.8 Å². The molecule has 0 spiro atoms. The maximum atomic E-state index is 4.62. The molecule has 2 aromatic rings. The van der Waals surface area contributed by atoms with Gasteiger partial charge in [0.25, 0.3) is 0 Å². The Hall–Kier alpha value is -0.810. The molecule has 3 nitrogen and oxygen atoms in total. The molecule has 0 aliphatic heterocycles. The molecule has 20 heavy (non-hydrogen) atoms. The normalized spacial score (nSPS) is 10.8. The van der Waals surface area contributed by atoms with E-state index in [4.69, 9.17) is 0 Å². The minimum atomic E-state index is 0.753. The summed E-state index contributed by atoms with van der Waals surface area (Å²) in [7, 11) is 0. The van der Waals surface area contributed by atoms with Crippen molar-refractivity contribution in [2.45, 2.75) is 40.3 Å². The Morgan fingerprint density at radius 1 is 1.20 bits per heavy atom. The molecule has 0 aliphatic rings. The molecule has 1 aromatic carbocycles. The number of benzene rings is 1. The van der Waals surface area contributed by atoms with Gasteiger partial charge in [-0.15, -0.1) is 0 Å². The van der Waals surface area contributed by atoms with Crippen molar-refractivity contribution in [1.29, 1.82) is 0 Å². The third-order valence-corrected chi connectivity index (χ3v) is 5.30. The van der Waals surface area contributed by atoms with E-state index in [9.17, 15) is 0 Å². The van der Waals surface area contributed by atoms with E-state index in [-0.39, 0.29) is 0 Å². The van der Waals surface area contributed by atoms with Gasteiger partial charge in [0.05, 0.1) is 22.4 Å². The van der Waals surface area contributed by atoms with Gasteiger partial charge >= 0.3 is 0 Å². The van der Waals surface area contributed by atoms with Gasteiger partial charge in [-0.1, -0.05) is 19.1 Å². The van der Waals surface area contributed by atoms with Gasteiger partial charge < -0.3 is 5.32 Å². The lowest BCUT2D eigenvalue weighted by Crippen LogP contribution is -2.08. The van der Waals surface area contributed by atoms with Gasteiger partial charge in [-0.3, -0.25) is 4.68 Å².